The molecule has 0 bridgehead atoms. The zero-order chi connectivity index (χ0) is 15.7. The van der Waals surface area contributed by atoms with E-state index >= 15 is 0 Å². The zero-order valence-corrected chi connectivity index (χ0v) is 12.7. The number of aromatic nitrogens is 2. The zero-order valence-electron chi connectivity index (χ0n) is 12.7. The van der Waals surface area contributed by atoms with Gasteiger partial charge in [0.15, 0.2) is 0 Å². The van der Waals surface area contributed by atoms with Crippen LogP contribution in [0.15, 0.2) is 36.7 Å². The van der Waals surface area contributed by atoms with Gasteiger partial charge in [-0.05, 0) is 26.1 Å². The first-order valence-corrected chi connectivity index (χ1v) is 7.35. The summed E-state index contributed by atoms with van der Waals surface area (Å²) in [5, 5.41) is 4.12. The van der Waals surface area contributed by atoms with Crippen molar-refractivity contribution in [2.75, 3.05) is 26.7 Å². The maximum atomic E-state index is 13.8. The number of amides is 1. The lowest BCUT2D eigenvalue weighted by Gasteiger charge is -2.38. The van der Waals surface area contributed by atoms with Crippen LogP contribution in [0.2, 0.25) is 0 Å². The van der Waals surface area contributed by atoms with Crippen LogP contribution in [-0.4, -0.2) is 58.2 Å². The van der Waals surface area contributed by atoms with E-state index in [0.717, 1.165) is 13.1 Å². The maximum Gasteiger partial charge on any atom is 0.257 e. The number of benzene rings is 1. The molecule has 0 unspecified atom stereocenters. The van der Waals surface area contributed by atoms with Crippen molar-refractivity contribution in [1.29, 1.82) is 0 Å². The molecule has 1 aromatic heterocycles. The van der Waals surface area contributed by atoms with E-state index in [0.29, 0.717) is 17.8 Å². The van der Waals surface area contributed by atoms with E-state index in [9.17, 15) is 9.18 Å². The number of piperazine rings is 1. The third-order valence-electron chi connectivity index (χ3n) is 4.02. The van der Waals surface area contributed by atoms with Crippen LogP contribution in [0.1, 0.15) is 17.3 Å². The molecule has 3 rings (SSSR count). The summed E-state index contributed by atoms with van der Waals surface area (Å²) in [6.45, 7) is 4.45. The first kappa shape index (κ1) is 14.7. The van der Waals surface area contributed by atoms with E-state index in [1.165, 1.54) is 16.9 Å². The number of rotatable bonds is 2. The highest BCUT2D eigenvalue weighted by atomic mass is 19.1. The number of nitrogens with zero attached hydrogens (tertiary/aromatic N) is 4. The molecule has 0 aliphatic carbocycles. The lowest BCUT2D eigenvalue weighted by atomic mass is 10.1. The Labute approximate surface area is 128 Å². The molecular formula is C16H19FN4O. The molecule has 1 saturated heterocycles. The summed E-state index contributed by atoms with van der Waals surface area (Å²) < 4.78 is 15.2. The van der Waals surface area contributed by atoms with Crippen LogP contribution in [0, 0.1) is 5.82 Å². The van der Waals surface area contributed by atoms with Crippen LogP contribution in [-0.2, 0) is 0 Å². The van der Waals surface area contributed by atoms with Crippen molar-refractivity contribution in [3.05, 3.63) is 48.0 Å². The number of hydrogen-bond acceptors (Lipinski definition) is 3. The summed E-state index contributed by atoms with van der Waals surface area (Å²) in [5.41, 5.74) is 0.827. The lowest BCUT2D eigenvalue weighted by molar-refractivity contribution is 0.0533. The fourth-order valence-corrected chi connectivity index (χ4v) is 2.81. The van der Waals surface area contributed by atoms with Crippen molar-refractivity contribution in [2.24, 2.45) is 0 Å². The summed E-state index contributed by atoms with van der Waals surface area (Å²) in [6.07, 6.45) is 3.09. The second-order valence-corrected chi connectivity index (χ2v) is 5.73. The number of carbonyl (C=O) groups excluding carboxylic acids is 1. The number of likely N-dealkylation sites (N-methyl/N-ethyl adjacent to an activating group) is 1. The highest BCUT2D eigenvalue weighted by Gasteiger charge is 2.27. The van der Waals surface area contributed by atoms with Gasteiger partial charge in [-0.3, -0.25) is 4.79 Å². The SMILES string of the molecule is C[C@H]1CN(C)CCN1C(=O)c1cnn(-c2ccccc2F)c1. The highest BCUT2D eigenvalue weighted by Crippen LogP contribution is 2.16. The van der Waals surface area contributed by atoms with Crippen LogP contribution in [0.5, 0.6) is 0 Å². The monoisotopic (exact) mass is 302 g/mol. The summed E-state index contributed by atoms with van der Waals surface area (Å²) in [6, 6.07) is 6.53. The maximum absolute atomic E-state index is 13.8. The smallest absolute Gasteiger partial charge is 0.257 e. The molecule has 1 aliphatic rings. The average Bonchev–Trinajstić information content (AvgIpc) is 2.97. The van der Waals surface area contributed by atoms with Gasteiger partial charge in [-0.15, -0.1) is 0 Å². The van der Waals surface area contributed by atoms with Crippen molar-refractivity contribution in [3.8, 4) is 5.69 Å². The van der Waals surface area contributed by atoms with Gasteiger partial charge in [-0.25, -0.2) is 9.07 Å². The Morgan fingerprint density at radius 1 is 1.32 bits per heavy atom. The van der Waals surface area contributed by atoms with Gasteiger partial charge in [0.25, 0.3) is 5.91 Å². The third-order valence-corrected chi connectivity index (χ3v) is 4.02. The normalized spacial score (nSPS) is 19.4. The minimum Gasteiger partial charge on any atom is -0.333 e. The Kier molecular flexibility index (Phi) is 3.94. The Balaban J connectivity index is 1.82. The van der Waals surface area contributed by atoms with Gasteiger partial charge >= 0.3 is 0 Å². The van der Waals surface area contributed by atoms with E-state index < -0.39 is 0 Å². The molecule has 0 N–H and O–H groups in total. The quantitative estimate of drug-likeness (QED) is 0.849. The molecule has 0 radical (unpaired) electrons. The van der Waals surface area contributed by atoms with Crippen molar-refractivity contribution in [3.63, 3.8) is 0 Å². The standard InChI is InChI=1S/C16H19FN4O/c1-12-10-19(2)7-8-20(12)16(22)13-9-18-21(11-13)15-6-4-3-5-14(15)17/h3-6,9,11-12H,7-8,10H2,1-2H3/t12-/m0/s1. The Bertz CT molecular complexity index is 684. The van der Waals surface area contributed by atoms with Crippen LogP contribution < -0.4 is 0 Å². The molecule has 1 fully saturated rings. The second-order valence-electron chi connectivity index (χ2n) is 5.73. The molecular weight excluding hydrogens is 283 g/mol. The van der Waals surface area contributed by atoms with Crippen molar-refractivity contribution >= 4 is 5.91 Å². The first-order valence-electron chi connectivity index (χ1n) is 7.35. The first-order chi connectivity index (χ1) is 10.6. The second kappa shape index (κ2) is 5.88. The molecule has 1 aromatic carbocycles. The summed E-state index contributed by atoms with van der Waals surface area (Å²) in [5.74, 6) is -0.416. The highest BCUT2D eigenvalue weighted by molar-refractivity contribution is 5.94. The molecule has 6 heteroatoms. The van der Waals surface area contributed by atoms with Gasteiger partial charge in [0.05, 0.1) is 11.8 Å². The molecule has 1 amide bonds. The summed E-state index contributed by atoms with van der Waals surface area (Å²) in [4.78, 5) is 16.7. The van der Waals surface area contributed by atoms with Crippen LogP contribution in [0.25, 0.3) is 5.69 Å². The van der Waals surface area contributed by atoms with Crippen LogP contribution in [0.4, 0.5) is 4.39 Å². The Morgan fingerprint density at radius 3 is 2.82 bits per heavy atom. The van der Waals surface area contributed by atoms with E-state index in [4.69, 9.17) is 0 Å². The molecule has 116 valence electrons. The predicted octanol–water partition coefficient (Wildman–Crippen LogP) is 1.79. The average molecular weight is 302 g/mol. The van der Waals surface area contributed by atoms with Crippen molar-refractivity contribution in [2.45, 2.75) is 13.0 Å². The fourth-order valence-electron chi connectivity index (χ4n) is 2.81. The Morgan fingerprint density at radius 2 is 2.09 bits per heavy atom. The van der Waals surface area contributed by atoms with Crippen LogP contribution in [0.3, 0.4) is 0 Å². The molecule has 0 spiro atoms. The number of para-hydroxylation sites is 1. The number of hydrogen-bond donors (Lipinski definition) is 0. The number of carbonyl (C=O) groups is 1. The molecule has 1 aliphatic heterocycles. The van der Waals surface area contributed by atoms with Gasteiger partial charge in [0, 0.05) is 31.9 Å². The summed E-state index contributed by atoms with van der Waals surface area (Å²) >= 11 is 0. The van der Waals surface area contributed by atoms with E-state index in [2.05, 4.69) is 17.0 Å². The summed E-state index contributed by atoms with van der Waals surface area (Å²) in [7, 11) is 2.05. The molecule has 2 heterocycles. The minimum absolute atomic E-state index is 0.0526. The molecule has 0 saturated carbocycles. The predicted molar refractivity (Wildman–Crippen MR) is 81.5 cm³/mol. The van der Waals surface area contributed by atoms with Gasteiger partial charge < -0.3 is 9.80 Å². The molecule has 5 nitrogen and oxygen atoms in total. The van der Waals surface area contributed by atoms with Gasteiger partial charge in [-0.2, -0.15) is 5.10 Å². The van der Waals surface area contributed by atoms with Crippen LogP contribution >= 0.6 is 0 Å². The van der Waals surface area contributed by atoms with Crippen molar-refractivity contribution < 1.29 is 9.18 Å². The molecule has 2 aromatic rings. The van der Waals surface area contributed by atoms with Gasteiger partial charge in [0.1, 0.15) is 11.5 Å². The van der Waals surface area contributed by atoms with Crippen molar-refractivity contribution in [1.82, 2.24) is 19.6 Å². The third kappa shape index (κ3) is 2.74. The van der Waals surface area contributed by atoms with Gasteiger partial charge in [-0.1, -0.05) is 12.1 Å². The van der Waals surface area contributed by atoms with Gasteiger partial charge in [0.2, 0.25) is 0 Å². The van der Waals surface area contributed by atoms with E-state index in [-0.39, 0.29) is 17.8 Å². The fraction of sp³-hybridized carbons (Fsp3) is 0.375. The van der Waals surface area contributed by atoms with E-state index in [1.807, 2.05) is 11.8 Å². The topological polar surface area (TPSA) is 41.4 Å². The van der Waals surface area contributed by atoms with E-state index in [1.54, 1.807) is 24.4 Å². The minimum atomic E-state index is -0.363. The molecule has 22 heavy (non-hydrogen) atoms. The lowest BCUT2D eigenvalue weighted by Crippen LogP contribution is -2.52. The Hall–Kier alpha value is -2.21. The molecule has 1 atom stereocenters. The number of halogens is 1. The largest absolute Gasteiger partial charge is 0.333 e.